The first-order valence-corrected chi connectivity index (χ1v) is 8.79. The number of hydrogen-bond acceptors (Lipinski definition) is 4. The van der Waals surface area contributed by atoms with Gasteiger partial charge < -0.3 is 5.11 Å². The molecule has 22 heavy (non-hydrogen) atoms. The SMILES string of the molecule is Cc1nc(C)c(CN2CCC(O)(c3ccc(Cl)cc3)CC2)s1. The van der Waals surface area contributed by atoms with Gasteiger partial charge in [-0.05, 0) is 44.4 Å². The fourth-order valence-electron chi connectivity index (χ4n) is 3.05. The van der Waals surface area contributed by atoms with Crippen LogP contribution in [0.1, 0.15) is 34.0 Å². The molecule has 1 aromatic heterocycles. The van der Waals surface area contributed by atoms with Crippen molar-refractivity contribution in [1.82, 2.24) is 9.88 Å². The number of aryl methyl sites for hydroxylation is 2. The maximum Gasteiger partial charge on any atom is 0.0920 e. The van der Waals surface area contributed by atoms with Crippen molar-refractivity contribution in [2.45, 2.75) is 38.8 Å². The van der Waals surface area contributed by atoms with Gasteiger partial charge in [-0.3, -0.25) is 4.90 Å². The summed E-state index contributed by atoms with van der Waals surface area (Å²) in [5.74, 6) is 0. The lowest BCUT2D eigenvalue weighted by atomic mass is 9.84. The van der Waals surface area contributed by atoms with Gasteiger partial charge in [-0.15, -0.1) is 11.3 Å². The Labute approximate surface area is 140 Å². The fourth-order valence-corrected chi connectivity index (χ4v) is 4.16. The molecule has 0 amide bonds. The van der Waals surface area contributed by atoms with E-state index in [2.05, 4.69) is 23.7 Å². The Hall–Kier alpha value is -0.940. The van der Waals surface area contributed by atoms with Crippen LogP contribution in [0.2, 0.25) is 5.02 Å². The lowest BCUT2D eigenvalue weighted by Gasteiger charge is -2.38. The third kappa shape index (κ3) is 3.35. The highest BCUT2D eigenvalue weighted by molar-refractivity contribution is 7.11. The van der Waals surface area contributed by atoms with Crippen LogP contribution >= 0.6 is 22.9 Å². The Morgan fingerprint density at radius 3 is 2.41 bits per heavy atom. The molecule has 0 bridgehead atoms. The molecule has 1 saturated heterocycles. The van der Waals surface area contributed by atoms with Crippen molar-refractivity contribution >= 4 is 22.9 Å². The first kappa shape index (κ1) is 15.9. The van der Waals surface area contributed by atoms with Crippen LogP contribution < -0.4 is 0 Å². The Morgan fingerprint density at radius 1 is 1.23 bits per heavy atom. The fraction of sp³-hybridized carbons (Fsp3) is 0.471. The van der Waals surface area contributed by atoms with Crippen molar-refractivity contribution < 1.29 is 5.11 Å². The van der Waals surface area contributed by atoms with E-state index < -0.39 is 5.60 Å². The number of piperidine rings is 1. The summed E-state index contributed by atoms with van der Waals surface area (Å²) >= 11 is 7.71. The molecule has 0 unspecified atom stereocenters. The number of halogens is 1. The minimum atomic E-state index is -0.722. The molecule has 1 aliphatic heterocycles. The molecule has 0 spiro atoms. The quantitative estimate of drug-likeness (QED) is 0.923. The van der Waals surface area contributed by atoms with E-state index in [4.69, 9.17) is 11.6 Å². The highest BCUT2D eigenvalue weighted by atomic mass is 35.5. The Kier molecular flexibility index (Phi) is 4.55. The van der Waals surface area contributed by atoms with E-state index in [0.717, 1.165) is 48.7 Å². The number of nitrogens with zero attached hydrogens (tertiary/aromatic N) is 2. The molecule has 0 atom stereocenters. The predicted octanol–water partition coefficient (Wildman–Crippen LogP) is 3.90. The van der Waals surface area contributed by atoms with Gasteiger partial charge in [-0.1, -0.05) is 23.7 Å². The number of aliphatic hydroxyl groups is 1. The maximum absolute atomic E-state index is 10.9. The Bertz CT molecular complexity index is 645. The van der Waals surface area contributed by atoms with Crippen LogP contribution in [0, 0.1) is 13.8 Å². The zero-order valence-electron chi connectivity index (χ0n) is 13.0. The average molecular weight is 337 g/mol. The molecule has 3 rings (SSSR count). The van der Waals surface area contributed by atoms with Crippen LogP contribution in [-0.2, 0) is 12.1 Å². The molecule has 0 saturated carbocycles. The van der Waals surface area contributed by atoms with Crippen LogP contribution in [0.4, 0.5) is 0 Å². The number of rotatable bonds is 3. The lowest BCUT2D eigenvalue weighted by Crippen LogP contribution is -2.42. The van der Waals surface area contributed by atoms with Crippen LogP contribution in [0.5, 0.6) is 0 Å². The zero-order chi connectivity index (χ0) is 15.7. The second kappa shape index (κ2) is 6.28. The van der Waals surface area contributed by atoms with Crippen LogP contribution in [0.25, 0.3) is 0 Å². The minimum absolute atomic E-state index is 0.709. The molecule has 1 aromatic carbocycles. The van der Waals surface area contributed by atoms with Gasteiger partial charge in [0.1, 0.15) is 0 Å². The normalized spacial score (nSPS) is 18.5. The minimum Gasteiger partial charge on any atom is -0.385 e. The van der Waals surface area contributed by atoms with Crippen LogP contribution in [0.3, 0.4) is 0 Å². The number of hydrogen-bond donors (Lipinski definition) is 1. The molecule has 1 fully saturated rings. The van der Waals surface area contributed by atoms with Crippen molar-refractivity contribution in [3.8, 4) is 0 Å². The molecule has 2 aromatic rings. The molecular formula is C17H21ClN2OS. The topological polar surface area (TPSA) is 36.4 Å². The smallest absolute Gasteiger partial charge is 0.0920 e. The van der Waals surface area contributed by atoms with E-state index in [1.54, 1.807) is 11.3 Å². The van der Waals surface area contributed by atoms with Crippen molar-refractivity contribution in [2.24, 2.45) is 0 Å². The van der Waals surface area contributed by atoms with Gasteiger partial charge in [0.2, 0.25) is 0 Å². The van der Waals surface area contributed by atoms with Gasteiger partial charge in [0.15, 0.2) is 0 Å². The number of benzene rings is 1. The molecular weight excluding hydrogens is 316 g/mol. The summed E-state index contributed by atoms with van der Waals surface area (Å²) in [6.07, 6.45) is 1.51. The second-order valence-electron chi connectivity index (χ2n) is 6.06. The van der Waals surface area contributed by atoms with Crippen molar-refractivity contribution in [2.75, 3.05) is 13.1 Å². The highest BCUT2D eigenvalue weighted by Gasteiger charge is 2.34. The maximum atomic E-state index is 10.9. The molecule has 1 aliphatic rings. The Balaban J connectivity index is 1.64. The summed E-state index contributed by atoms with van der Waals surface area (Å²) in [5, 5.41) is 12.7. The summed E-state index contributed by atoms with van der Waals surface area (Å²) in [6.45, 7) is 6.86. The van der Waals surface area contributed by atoms with Gasteiger partial charge in [0.25, 0.3) is 0 Å². The second-order valence-corrected chi connectivity index (χ2v) is 7.78. The van der Waals surface area contributed by atoms with Crippen LogP contribution in [-0.4, -0.2) is 28.1 Å². The molecule has 1 N–H and O–H groups in total. The van der Waals surface area contributed by atoms with Gasteiger partial charge in [-0.2, -0.15) is 0 Å². The predicted molar refractivity (Wildman–Crippen MR) is 91.4 cm³/mol. The third-order valence-electron chi connectivity index (χ3n) is 4.43. The molecule has 0 radical (unpaired) electrons. The van der Waals surface area contributed by atoms with Gasteiger partial charge in [0.05, 0.1) is 16.3 Å². The molecule has 3 nitrogen and oxygen atoms in total. The molecule has 5 heteroatoms. The van der Waals surface area contributed by atoms with E-state index in [1.807, 2.05) is 24.3 Å². The standard InChI is InChI=1S/C17H21ClN2OS/c1-12-16(22-13(2)19-12)11-20-9-7-17(21,8-10-20)14-3-5-15(18)6-4-14/h3-6,21H,7-11H2,1-2H3. The van der Waals surface area contributed by atoms with Gasteiger partial charge >= 0.3 is 0 Å². The van der Waals surface area contributed by atoms with Crippen molar-refractivity contribution in [3.05, 3.63) is 50.4 Å². The molecule has 2 heterocycles. The summed E-state index contributed by atoms with van der Waals surface area (Å²) in [6, 6.07) is 7.58. The lowest BCUT2D eigenvalue weighted by molar-refractivity contribution is -0.0275. The van der Waals surface area contributed by atoms with E-state index in [1.165, 1.54) is 4.88 Å². The summed E-state index contributed by atoms with van der Waals surface area (Å²) < 4.78 is 0. The number of likely N-dealkylation sites (tertiary alicyclic amines) is 1. The largest absolute Gasteiger partial charge is 0.385 e. The number of aromatic nitrogens is 1. The third-order valence-corrected chi connectivity index (χ3v) is 5.74. The van der Waals surface area contributed by atoms with Crippen LogP contribution in [0.15, 0.2) is 24.3 Å². The highest BCUT2D eigenvalue weighted by Crippen LogP contribution is 2.34. The van der Waals surface area contributed by atoms with Gasteiger partial charge in [-0.25, -0.2) is 4.98 Å². The monoisotopic (exact) mass is 336 g/mol. The molecule has 0 aliphatic carbocycles. The van der Waals surface area contributed by atoms with Gasteiger partial charge in [0, 0.05) is 29.5 Å². The van der Waals surface area contributed by atoms with E-state index >= 15 is 0 Å². The first-order chi connectivity index (χ1) is 10.5. The summed E-state index contributed by atoms with van der Waals surface area (Å²) in [5.41, 5.74) is 1.39. The first-order valence-electron chi connectivity index (χ1n) is 7.60. The Morgan fingerprint density at radius 2 is 1.86 bits per heavy atom. The van der Waals surface area contributed by atoms with E-state index in [0.29, 0.717) is 5.02 Å². The van der Waals surface area contributed by atoms with Crippen molar-refractivity contribution in [3.63, 3.8) is 0 Å². The summed E-state index contributed by atoms with van der Waals surface area (Å²) in [7, 11) is 0. The summed E-state index contributed by atoms with van der Waals surface area (Å²) in [4.78, 5) is 8.24. The molecule has 118 valence electrons. The average Bonchev–Trinajstić information content (AvgIpc) is 2.80. The van der Waals surface area contributed by atoms with E-state index in [-0.39, 0.29) is 0 Å². The number of thiazole rings is 1. The zero-order valence-corrected chi connectivity index (χ0v) is 14.5. The van der Waals surface area contributed by atoms with E-state index in [9.17, 15) is 5.11 Å². The van der Waals surface area contributed by atoms with Crippen molar-refractivity contribution in [1.29, 1.82) is 0 Å².